The molecular weight excluding hydrogens is 374 g/mol. The van der Waals surface area contributed by atoms with E-state index < -0.39 is 0 Å². The summed E-state index contributed by atoms with van der Waals surface area (Å²) in [5, 5.41) is 3.46. The van der Waals surface area contributed by atoms with E-state index in [-0.39, 0.29) is 0 Å². The molecule has 0 saturated heterocycles. The molecule has 0 aliphatic heterocycles. The van der Waals surface area contributed by atoms with Crippen molar-refractivity contribution < 1.29 is 4.74 Å². The molecule has 0 saturated carbocycles. The molecule has 0 atom stereocenters. The quantitative estimate of drug-likeness (QED) is 0.531. The van der Waals surface area contributed by atoms with Crippen LogP contribution in [0.4, 0.5) is 5.69 Å². The highest BCUT2D eigenvalue weighted by Crippen LogP contribution is 2.25. The molecule has 0 radical (unpaired) electrons. The van der Waals surface area contributed by atoms with Crippen LogP contribution in [-0.4, -0.2) is 0 Å². The average Bonchev–Trinajstić information content (AvgIpc) is 2.62. The summed E-state index contributed by atoms with van der Waals surface area (Å²) in [5.41, 5.74) is 5.92. The Bertz CT molecular complexity index is 826. The Morgan fingerprint density at radius 3 is 2.16 bits per heavy atom. The van der Waals surface area contributed by atoms with Crippen LogP contribution >= 0.6 is 15.9 Å². The molecule has 2 nitrogen and oxygen atoms in total. The van der Waals surface area contributed by atoms with E-state index in [9.17, 15) is 0 Å². The van der Waals surface area contributed by atoms with Crippen LogP contribution in [0.15, 0.2) is 71.2 Å². The largest absolute Gasteiger partial charge is 0.489 e. The Labute approximate surface area is 158 Å². The van der Waals surface area contributed by atoms with Gasteiger partial charge in [-0.1, -0.05) is 63.5 Å². The number of rotatable bonds is 6. The topological polar surface area (TPSA) is 21.3 Å². The molecule has 0 spiro atoms. The molecule has 0 bridgehead atoms. The number of benzene rings is 3. The third kappa shape index (κ3) is 5.10. The van der Waals surface area contributed by atoms with Gasteiger partial charge in [0.2, 0.25) is 0 Å². The van der Waals surface area contributed by atoms with Gasteiger partial charge < -0.3 is 10.1 Å². The van der Waals surface area contributed by atoms with E-state index in [0.717, 1.165) is 21.5 Å². The third-order valence-corrected chi connectivity index (χ3v) is 4.57. The second-order valence-electron chi connectivity index (χ2n) is 6.25. The fourth-order valence-corrected chi connectivity index (χ4v) is 2.95. The number of hydrogen-bond donors (Lipinski definition) is 1. The monoisotopic (exact) mass is 395 g/mol. The Balaban J connectivity index is 1.69. The van der Waals surface area contributed by atoms with Gasteiger partial charge in [0.1, 0.15) is 12.4 Å². The van der Waals surface area contributed by atoms with Gasteiger partial charge in [0.05, 0.1) is 0 Å². The number of nitrogens with one attached hydrogen (secondary N) is 1. The summed E-state index contributed by atoms with van der Waals surface area (Å²) in [6.07, 6.45) is 0. The Kier molecular flexibility index (Phi) is 5.77. The Morgan fingerprint density at radius 1 is 0.840 bits per heavy atom. The van der Waals surface area contributed by atoms with Crippen molar-refractivity contribution in [2.45, 2.75) is 27.0 Å². The van der Waals surface area contributed by atoms with Gasteiger partial charge >= 0.3 is 0 Å². The SMILES string of the molecule is Cc1ccc(COc2ccc(Br)cc2CNc2ccc(C)cc2)cc1. The van der Waals surface area contributed by atoms with Gasteiger partial charge in [0, 0.05) is 22.3 Å². The van der Waals surface area contributed by atoms with Gasteiger partial charge in [-0.25, -0.2) is 0 Å². The van der Waals surface area contributed by atoms with Crippen LogP contribution in [0.3, 0.4) is 0 Å². The molecule has 25 heavy (non-hydrogen) atoms. The molecule has 0 aromatic heterocycles. The van der Waals surface area contributed by atoms with Gasteiger partial charge in [0.25, 0.3) is 0 Å². The predicted molar refractivity (Wildman–Crippen MR) is 108 cm³/mol. The van der Waals surface area contributed by atoms with Crippen LogP contribution in [0.25, 0.3) is 0 Å². The number of hydrogen-bond acceptors (Lipinski definition) is 2. The fraction of sp³-hybridized carbons (Fsp3) is 0.182. The maximum absolute atomic E-state index is 6.06. The second kappa shape index (κ2) is 8.21. The highest BCUT2D eigenvalue weighted by molar-refractivity contribution is 9.10. The zero-order valence-corrected chi connectivity index (χ0v) is 16.1. The summed E-state index contributed by atoms with van der Waals surface area (Å²) in [5.74, 6) is 0.906. The Morgan fingerprint density at radius 2 is 1.48 bits per heavy atom. The van der Waals surface area contributed by atoms with Crippen molar-refractivity contribution >= 4 is 21.6 Å². The molecule has 0 aliphatic rings. The lowest BCUT2D eigenvalue weighted by Gasteiger charge is -2.14. The van der Waals surface area contributed by atoms with Crippen LogP contribution < -0.4 is 10.1 Å². The standard InChI is InChI=1S/C22H22BrNO/c1-16-3-7-18(8-4-16)15-25-22-12-9-20(23)13-19(22)14-24-21-10-5-17(2)6-11-21/h3-13,24H,14-15H2,1-2H3. The lowest BCUT2D eigenvalue weighted by Crippen LogP contribution is -2.04. The smallest absolute Gasteiger partial charge is 0.124 e. The summed E-state index contributed by atoms with van der Waals surface area (Å²) < 4.78 is 7.12. The van der Waals surface area contributed by atoms with Gasteiger partial charge in [-0.3, -0.25) is 0 Å². The van der Waals surface area contributed by atoms with E-state index in [0.29, 0.717) is 13.2 Å². The first-order chi connectivity index (χ1) is 12.1. The fourth-order valence-electron chi connectivity index (χ4n) is 2.54. The predicted octanol–water partition coefficient (Wildman–Crippen LogP) is 6.26. The van der Waals surface area contributed by atoms with Crippen molar-refractivity contribution in [3.8, 4) is 5.75 Å². The van der Waals surface area contributed by atoms with E-state index in [1.54, 1.807) is 0 Å². The summed E-state index contributed by atoms with van der Waals surface area (Å²) in [6, 6.07) is 23.0. The minimum Gasteiger partial charge on any atom is -0.489 e. The molecule has 0 unspecified atom stereocenters. The van der Waals surface area contributed by atoms with Gasteiger partial charge in [-0.05, 0) is 49.7 Å². The maximum atomic E-state index is 6.06. The maximum Gasteiger partial charge on any atom is 0.124 e. The normalized spacial score (nSPS) is 10.5. The van der Waals surface area contributed by atoms with Gasteiger partial charge in [0.15, 0.2) is 0 Å². The van der Waals surface area contributed by atoms with Crippen LogP contribution in [-0.2, 0) is 13.2 Å². The second-order valence-corrected chi connectivity index (χ2v) is 7.16. The first kappa shape index (κ1) is 17.6. The zero-order valence-electron chi connectivity index (χ0n) is 14.6. The molecule has 0 aliphatic carbocycles. The highest BCUT2D eigenvalue weighted by atomic mass is 79.9. The van der Waals surface area contributed by atoms with Gasteiger partial charge in [-0.2, -0.15) is 0 Å². The van der Waals surface area contributed by atoms with E-state index in [1.807, 2.05) is 12.1 Å². The van der Waals surface area contributed by atoms with E-state index in [1.165, 1.54) is 16.7 Å². The van der Waals surface area contributed by atoms with Crippen molar-refractivity contribution in [3.05, 3.63) is 93.5 Å². The summed E-state index contributed by atoms with van der Waals surface area (Å²) >= 11 is 3.55. The van der Waals surface area contributed by atoms with Crippen LogP contribution in [0.1, 0.15) is 22.3 Å². The first-order valence-electron chi connectivity index (χ1n) is 8.37. The van der Waals surface area contributed by atoms with Crippen molar-refractivity contribution in [2.24, 2.45) is 0 Å². The third-order valence-electron chi connectivity index (χ3n) is 4.07. The van der Waals surface area contributed by atoms with Crippen molar-refractivity contribution in [1.29, 1.82) is 0 Å². The highest BCUT2D eigenvalue weighted by Gasteiger charge is 2.06. The van der Waals surface area contributed by atoms with Crippen molar-refractivity contribution in [2.75, 3.05) is 5.32 Å². The average molecular weight is 396 g/mol. The van der Waals surface area contributed by atoms with Crippen molar-refractivity contribution in [1.82, 2.24) is 0 Å². The summed E-state index contributed by atoms with van der Waals surface area (Å²) in [7, 11) is 0. The van der Waals surface area contributed by atoms with Crippen LogP contribution in [0.5, 0.6) is 5.75 Å². The summed E-state index contributed by atoms with van der Waals surface area (Å²) in [6.45, 7) is 5.47. The minimum absolute atomic E-state index is 0.569. The molecule has 128 valence electrons. The van der Waals surface area contributed by atoms with Crippen LogP contribution in [0, 0.1) is 13.8 Å². The van der Waals surface area contributed by atoms with Crippen molar-refractivity contribution in [3.63, 3.8) is 0 Å². The number of anilines is 1. The molecule has 1 N–H and O–H groups in total. The summed E-state index contributed by atoms with van der Waals surface area (Å²) in [4.78, 5) is 0. The molecule has 3 aromatic rings. The molecule has 0 amide bonds. The first-order valence-corrected chi connectivity index (χ1v) is 9.17. The number of ether oxygens (including phenoxy) is 1. The molecule has 3 aromatic carbocycles. The molecule has 0 fully saturated rings. The number of aryl methyl sites for hydroxylation is 2. The lowest BCUT2D eigenvalue weighted by molar-refractivity contribution is 0.303. The lowest BCUT2D eigenvalue weighted by atomic mass is 10.1. The molecule has 3 rings (SSSR count). The van der Waals surface area contributed by atoms with Gasteiger partial charge in [-0.15, -0.1) is 0 Å². The van der Waals surface area contributed by atoms with E-state index >= 15 is 0 Å². The van der Waals surface area contributed by atoms with E-state index in [2.05, 4.69) is 89.7 Å². The zero-order chi connectivity index (χ0) is 17.6. The molecule has 3 heteroatoms. The minimum atomic E-state index is 0.569. The van der Waals surface area contributed by atoms with E-state index in [4.69, 9.17) is 4.74 Å². The van der Waals surface area contributed by atoms with Crippen LogP contribution in [0.2, 0.25) is 0 Å². The molecular formula is C22H22BrNO. The number of halogens is 1. The molecule has 0 heterocycles. The Hall–Kier alpha value is -2.26.